The zero-order chi connectivity index (χ0) is 41.3. The number of β-lactam (4-membered cyclic amide) rings is 1. The number of benzene rings is 4. The van der Waals surface area contributed by atoms with Crippen molar-refractivity contribution in [3.05, 3.63) is 126 Å². The van der Waals surface area contributed by atoms with Crippen molar-refractivity contribution >= 4 is 41.1 Å². The summed E-state index contributed by atoms with van der Waals surface area (Å²) in [6.07, 6.45) is 0.556. The van der Waals surface area contributed by atoms with E-state index in [1.165, 1.54) is 36.0 Å². The second-order valence-corrected chi connectivity index (χ2v) is 16.8. The maximum absolute atomic E-state index is 13.8. The molecule has 0 spiro atoms. The predicted octanol–water partition coefficient (Wildman–Crippen LogP) is 7.73. The molecule has 5 rings (SSSR count). The van der Waals surface area contributed by atoms with Gasteiger partial charge < -0.3 is 29.7 Å². The molecule has 1 heterocycles. The Bertz CT molecular complexity index is 1980. The van der Waals surface area contributed by atoms with E-state index in [4.69, 9.17) is 14.2 Å². The number of carbonyl (C=O) groups is 4. The molecule has 10 nitrogen and oxygen atoms in total. The highest BCUT2D eigenvalue weighted by molar-refractivity contribution is 7.99. The van der Waals surface area contributed by atoms with Gasteiger partial charge in [-0.2, -0.15) is 0 Å². The molecule has 0 aromatic heterocycles. The number of amides is 3. The SMILES string of the molecule is CC(C)(C)OCC(NC(=O)C(NC(=O)COc1ccc(C2C(CCSc3ccc(F)cc3)C(=O)N2c2ccc(F)cc2)cc1)c1ccccc1)C(=O)OC(C)(C)C. The topological polar surface area (TPSA) is 123 Å². The van der Waals surface area contributed by atoms with Gasteiger partial charge in [-0.05, 0) is 126 Å². The number of hydrogen-bond donors (Lipinski definition) is 2. The van der Waals surface area contributed by atoms with Crippen molar-refractivity contribution in [2.24, 2.45) is 5.92 Å². The van der Waals surface area contributed by atoms with Crippen LogP contribution in [0.25, 0.3) is 0 Å². The molecule has 1 aliphatic rings. The Hall–Kier alpha value is -5.27. The van der Waals surface area contributed by atoms with Gasteiger partial charge in [0.05, 0.1) is 24.2 Å². The van der Waals surface area contributed by atoms with Gasteiger partial charge in [-0.1, -0.05) is 42.5 Å². The number of rotatable bonds is 16. The quantitative estimate of drug-likeness (QED) is 0.0671. The molecule has 3 amide bonds. The molecule has 0 bridgehead atoms. The van der Waals surface area contributed by atoms with Crippen molar-refractivity contribution in [1.29, 1.82) is 0 Å². The van der Waals surface area contributed by atoms with Crippen molar-refractivity contribution in [1.82, 2.24) is 10.6 Å². The summed E-state index contributed by atoms with van der Waals surface area (Å²) < 4.78 is 44.4. The lowest BCUT2D eigenvalue weighted by Crippen LogP contribution is -2.55. The largest absolute Gasteiger partial charge is 0.484 e. The molecule has 1 aliphatic heterocycles. The highest BCUT2D eigenvalue weighted by Crippen LogP contribution is 2.46. The maximum atomic E-state index is 13.8. The lowest BCUT2D eigenvalue weighted by atomic mass is 9.80. The molecular weight excluding hydrogens is 753 g/mol. The summed E-state index contributed by atoms with van der Waals surface area (Å²) in [5.74, 6) is -2.06. The van der Waals surface area contributed by atoms with E-state index < -0.39 is 53.5 Å². The highest BCUT2D eigenvalue weighted by Gasteiger charge is 2.48. The van der Waals surface area contributed by atoms with Crippen molar-refractivity contribution < 1.29 is 42.2 Å². The Morgan fingerprint density at radius 2 is 1.40 bits per heavy atom. The van der Waals surface area contributed by atoms with Gasteiger partial charge in [0.15, 0.2) is 12.6 Å². The summed E-state index contributed by atoms with van der Waals surface area (Å²) in [5.41, 5.74) is 0.469. The minimum absolute atomic E-state index is 0.0838. The first-order valence-corrected chi connectivity index (χ1v) is 19.7. The zero-order valence-electron chi connectivity index (χ0n) is 32.9. The van der Waals surface area contributed by atoms with Crippen LogP contribution in [0.2, 0.25) is 0 Å². The third-order valence-corrected chi connectivity index (χ3v) is 9.86. The van der Waals surface area contributed by atoms with Crippen LogP contribution in [0.4, 0.5) is 14.5 Å². The lowest BCUT2D eigenvalue weighted by Gasteiger charge is -2.47. The zero-order valence-corrected chi connectivity index (χ0v) is 33.7. The molecule has 4 atom stereocenters. The van der Waals surface area contributed by atoms with Gasteiger partial charge in [-0.25, -0.2) is 13.6 Å². The summed E-state index contributed by atoms with van der Waals surface area (Å²) >= 11 is 1.53. The molecule has 1 fully saturated rings. The molecule has 0 aliphatic carbocycles. The van der Waals surface area contributed by atoms with Gasteiger partial charge in [0, 0.05) is 10.6 Å². The molecular formula is C44H49F2N3O7S. The first-order valence-electron chi connectivity index (χ1n) is 18.7. The van der Waals surface area contributed by atoms with Gasteiger partial charge in [-0.3, -0.25) is 14.4 Å². The molecule has 0 radical (unpaired) electrons. The Balaban J connectivity index is 1.25. The first-order chi connectivity index (χ1) is 27.0. The molecule has 1 saturated heterocycles. The van der Waals surface area contributed by atoms with Crippen molar-refractivity contribution in [2.75, 3.05) is 23.9 Å². The van der Waals surface area contributed by atoms with Crippen molar-refractivity contribution in [2.45, 2.75) is 82.2 Å². The van der Waals surface area contributed by atoms with Crippen LogP contribution in [-0.4, -0.2) is 59.9 Å². The minimum Gasteiger partial charge on any atom is -0.484 e. The van der Waals surface area contributed by atoms with Gasteiger partial charge >= 0.3 is 5.97 Å². The fraction of sp³-hybridized carbons (Fsp3) is 0.364. The van der Waals surface area contributed by atoms with Gasteiger partial charge in [0.25, 0.3) is 5.91 Å². The average molecular weight is 802 g/mol. The van der Waals surface area contributed by atoms with E-state index in [2.05, 4.69) is 10.6 Å². The Labute approximate surface area is 336 Å². The van der Waals surface area contributed by atoms with E-state index in [1.807, 2.05) is 32.9 Å². The van der Waals surface area contributed by atoms with Gasteiger partial charge in [-0.15, -0.1) is 11.8 Å². The summed E-state index contributed by atoms with van der Waals surface area (Å²) in [5, 5.41) is 5.44. The van der Waals surface area contributed by atoms with Crippen LogP contribution in [0, 0.1) is 17.6 Å². The second kappa shape index (κ2) is 18.8. The van der Waals surface area contributed by atoms with E-state index in [-0.39, 0.29) is 30.3 Å². The number of anilines is 1. The highest BCUT2D eigenvalue weighted by atomic mass is 32.2. The molecule has 57 heavy (non-hydrogen) atoms. The van der Waals surface area contributed by atoms with Crippen LogP contribution in [0.1, 0.15) is 71.2 Å². The number of thioether (sulfide) groups is 1. The van der Waals surface area contributed by atoms with Crippen LogP contribution >= 0.6 is 11.8 Å². The fourth-order valence-electron chi connectivity index (χ4n) is 6.12. The van der Waals surface area contributed by atoms with Gasteiger partial charge in [0.2, 0.25) is 11.8 Å². The van der Waals surface area contributed by atoms with E-state index in [0.717, 1.165) is 10.5 Å². The predicted molar refractivity (Wildman–Crippen MR) is 215 cm³/mol. The lowest BCUT2D eigenvalue weighted by molar-refractivity contribution is -0.162. The number of ether oxygens (including phenoxy) is 3. The third-order valence-electron chi connectivity index (χ3n) is 8.81. The standard InChI is InChI=1S/C44H49F2N3O7S/c1-43(2,3)55-26-36(42(53)56-44(4,5)6)47-40(51)38(28-10-8-7-9-11-28)48-37(50)27-54-33-20-12-29(13-21-33)39-35(24-25-57-34-22-16-31(46)17-23-34)41(52)49(39)32-18-14-30(45)15-19-32/h7-23,35-36,38-39H,24-27H2,1-6H3,(H,47,51)(H,48,50). The minimum atomic E-state index is -1.17. The monoisotopic (exact) mass is 801 g/mol. The van der Waals surface area contributed by atoms with E-state index in [9.17, 15) is 28.0 Å². The number of esters is 1. The number of nitrogens with one attached hydrogen (secondary N) is 2. The Morgan fingerprint density at radius 3 is 2.00 bits per heavy atom. The van der Waals surface area contributed by atoms with E-state index in [0.29, 0.717) is 29.2 Å². The van der Waals surface area contributed by atoms with Crippen molar-refractivity contribution in [3.63, 3.8) is 0 Å². The summed E-state index contributed by atoms with van der Waals surface area (Å²) in [6.45, 7) is 10.1. The normalized spacial score (nSPS) is 16.6. The molecule has 302 valence electrons. The van der Waals surface area contributed by atoms with Crippen LogP contribution in [-0.2, 0) is 28.7 Å². The molecule has 4 aromatic rings. The molecule has 2 N–H and O–H groups in total. The number of carbonyl (C=O) groups excluding carboxylic acids is 4. The van der Waals surface area contributed by atoms with Crippen LogP contribution in [0.3, 0.4) is 0 Å². The average Bonchev–Trinajstić information content (AvgIpc) is 3.16. The third kappa shape index (κ3) is 12.4. The van der Waals surface area contributed by atoms with Crippen LogP contribution in [0.15, 0.2) is 108 Å². The fourth-order valence-corrected chi connectivity index (χ4v) is 7.06. The first kappa shape index (κ1) is 42.9. The molecule has 13 heteroatoms. The summed E-state index contributed by atoms with van der Waals surface area (Å²) in [6, 6.07) is 25.0. The second-order valence-electron chi connectivity index (χ2n) is 15.6. The number of halogens is 2. The van der Waals surface area contributed by atoms with Crippen LogP contribution < -0.4 is 20.3 Å². The van der Waals surface area contributed by atoms with E-state index in [1.54, 1.807) is 92.4 Å². The molecule has 4 unspecified atom stereocenters. The number of nitrogens with zero attached hydrogens (tertiary/aromatic N) is 1. The molecule has 4 aromatic carbocycles. The smallest absolute Gasteiger partial charge is 0.331 e. The summed E-state index contributed by atoms with van der Waals surface area (Å²) in [7, 11) is 0. The van der Waals surface area contributed by atoms with Gasteiger partial charge in [0.1, 0.15) is 29.0 Å². The van der Waals surface area contributed by atoms with E-state index >= 15 is 0 Å². The summed E-state index contributed by atoms with van der Waals surface area (Å²) in [4.78, 5) is 56.2. The number of hydrogen-bond acceptors (Lipinski definition) is 8. The van der Waals surface area contributed by atoms with Crippen molar-refractivity contribution in [3.8, 4) is 5.75 Å². The van der Waals surface area contributed by atoms with Crippen LogP contribution in [0.5, 0.6) is 5.75 Å². The maximum Gasteiger partial charge on any atom is 0.331 e. The molecule has 0 saturated carbocycles. The Morgan fingerprint density at radius 1 is 0.789 bits per heavy atom. The Kier molecular flexibility index (Phi) is 14.1.